The van der Waals surface area contributed by atoms with Crippen molar-refractivity contribution in [1.82, 2.24) is 15.6 Å². The molecule has 3 heterocycles. The lowest BCUT2D eigenvalue weighted by atomic mass is 10.0. The zero-order chi connectivity index (χ0) is 23.0. The minimum atomic E-state index is -4.63. The van der Waals surface area contributed by atoms with Crippen LogP contribution in [0.15, 0.2) is 11.4 Å². The molecule has 1 fully saturated rings. The van der Waals surface area contributed by atoms with Gasteiger partial charge >= 0.3 is 12.3 Å². The maximum absolute atomic E-state index is 13.7. The number of carbonyl (C=O) groups is 2. The number of halogens is 3. The summed E-state index contributed by atoms with van der Waals surface area (Å²) < 4.78 is 65.9. The number of carbonyl (C=O) groups excluding carboxylic acids is 2. The van der Waals surface area contributed by atoms with Crippen molar-refractivity contribution >= 4 is 39.4 Å². The lowest BCUT2D eigenvalue weighted by molar-refractivity contribution is -0.136. The summed E-state index contributed by atoms with van der Waals surface area (Å²) in [6, 6.07) is 0.572. The molecule has 2 amide bonds. The van der Waals surface area contributed by atoms with Crippen LogP contribution in [0.3, 0.4) is 0 Å². The number of hydrogen-bond acceptors (Lipinski definition) is 6. The number of thiophene rings is 1. The Morgan fingerprint density at radius 3 is 2.71 bits per heavy atom. The molecule has 2 aromatic rings. The molecule has 0 bridgehead atoms. The van der Waals surface area contributed by atoms with Gasteiger partial charge in [-0.3, -0.25) is 4.79 Å². The first-order valence-corrected chi connectivity index (χ1v) is 9.23. The van der Waals surface area contributed by atoms with Crippen LogP contribution in [0.5, 0.6) is 0 Å². The Morgan fingerprint density at radius 1 is 1.39 bits per heavy atom. The molecule has 0 unspecified atom stereocenters. The van der Waals surface area contributed by atoms with Gasteiger partial charge in [-0.05, 0) is 18.9 Å². The van der Waals surface area contributed by atoms with Crippen LogP contribution in [-0.4, -0.2) is 50.2 Å². The zero-order valence-electron chi connectivity index (χ0n) is 17.7. The Labute approximate surface area is 167 Å². The molecule has 152 valence electrons. The Bertz CT molecular complexity index is 989. The second kappa shape index (κ2) is 7.82. The van der Waals surface area contributed by atoms with E-state index in [1.165, 1.54) is 12.4 Å². The van der Waals surface area contributed by atoms with E-state index in [0.29, 0.717) is 12.8 Å². The molecule has 11 heteroatoms. The summed E-state index contributed by atoms with van der Waals surface area (Å²) in [5, 5.41) is 6.19. The molecule has 0 radical (unpaired) electrons. The standard InChI is InChI=1S/C17H19F3N4O3S/c1-21-15(25)10-8-28-14-11(17(18,19)20)7-12(23-13(10)14)24-5-3-9(4-6-24)22-16(26)27-2/h7-9H,3-6H2,1-2H3,(H,21,25)(H,22,26)/i2D3. The van der Waals surface area contributed by atoms with E-state index in [1.807, 2.05) is 0 Å². The van der Waals surface area contributed by atoms with Gasteiger partial charge in [-0.25, -0.2) is 9.78 Å². The van der Waals surface area contributed by atoms with Crippen molar-refractivity contribution in [2.45, 2.75) is 25.1 Å². The van der Waals surface area contributed by atoms with Crippen molar-refractivity contribution in [1.29, 1.82) is 0 Å². The van der Waals surface area contributed by atoms with E-state index in [1.54, 1.807) is 4.90 Å². The quantitative estimate of drug-likeness (QED) is 0.799. The minimum absolute atomic E-state index is 0.0179. The highest BCUT2D eigenvalue weighted by molar-refractivity contribution is 7.17. The van der Waals surface area contributed by atoms with Gasteiger partial charge in [0.15, 0.2) is 0 Å². The SMILES string of the molecule is [2H]C([2H])([2H])OC(=O)NC1CCN(c2cc(C(F)(F)F)c3scc(C(=O)NC)c3n2)CC1. The molecule has 3 rings (SSSR count). The highest BCUT2D eigenvalue weighted by Crippen LogP contribution is 2.40. The molecule has 0 saturated carbocycles. The van der Waals surface area contributed by atoms with Gasteiger partial charge in [0.2, 0.25) is 0 Å². The number of alkyl carbamates (subject to hydrolysis) is 1. The third kappa shape index (κ3) is 3.98. The van der Waals surface area contributed by atoms with Crippen molar-refractivity contribution in [2.75, 3.05) is 32.1 Å². The second-order valence-electron chi connectivity index (χ2n) is 6.23. The fourth-order valence-corrected chi connectivity index (χ4v) is 4.14. The van der Waals surface area contributed by atoms with E-state index in [-0.39, 0.29) is 40.7 Å². The number of aromatic nitrogens is 1. The lowest BCUT2D eigenvalue weighted by Crippen LogP contribution is -2.45. The average molecular weight is 419 g/mol. The zero-order valence-corrected chi connectivity index (χ0v) is 15.5. The number of methoxy groups -OCH3 is 1. The van der Waals surface area contributed by atoms with Gasteiger partial charge in [-0.2, -0.15) is 13.2 Å². The maximum atomic E-state index is 13.7. The van der Waals surface area contributed by atoms with Crippen LogP contribution in [0.25, 0.3) is 10.2 Å². The highest BCUT2D eigenvalue weighted by atomic mass is 32.1. The van der Waals surface area contributed by atoms with Crippen molar-refractivity contribution in [2.24, 2.45) is 0 Å². The highest BCUT2D eigenvalue weighted by Gasteiger charge is 2.36. The van der Waals surface area contributed by atoms with E-state index in [0.717, 1.165) is 17.4 Å². The maximum Gasteiger partial charge on any atom is 0.417 e. The number of alkyl halides is 3. The van der Waals surface area contributed by atoms with Gasteiger partial charge < -0.3 is 20.3 Å². The lowest BCUT2D eigenvalue weighted by Gasteiger charge is -2.33. The predicted molar refractivity (Wildman–Crippen MR) is 98.8 cm³/mol. The number of ether oxygens (including phenoxy) is 1. The first kappa shape index (κ1) is 16.4. The summed E-state index contributed by atoms with van der Waals surface area (Å²) in [4.78, 5) is 29.6. The molecule has 28 heavy (non-hydrogen) atoms. The number of piperidine rings is 1. The Balaban J connectivity index is 1.82. The molecule has 2 aromatic heterocycles. The number of hydrogen-bond donors (Lipinski definition) is 2. The molecule has 0 atom stereocenters. The van der Waals surface area contributed by atoms with E-state index in [4.69, 9.17) is 4.11 Å². The summed E-state index contributed by atoms with van der Waals surface area (Å²) in [6.45, 7) is 0.544. The van der Waals surface area contributed by atoms with Crippen molar-refractivity contribution in [3.05, 3.63) is 22.6 Å². The van der Waals surface area contributed by atoms with Gasteiger partial charge in [0, 0.05) is 31.6 Å². The Hall–Kier alpha value is -2.56. The number of pyridine rings is 1. The first-order valence-electron chi connectivity index (χ1n) is 9.85. The molecule has 1 saturated heterocycles. The van der Waals surface area contributed by atoms with Crippen LogP contribution in [0.1, 0.15) is 32.9 Å². The van der Waals surface area contributed by atoms with Crippen LogP contribution in [0, 0.1) is 0 Å². The number of amides is 2. The van der Waals surface area contributed by atoms with E-state index in [2.05, 4.69) is 20.4 Å². The molecule has 0 spiro atoms. The van der Waals surface area contributed by atoms with E-state index >= 15 is 0 Å². The number of fused-ring (bicyclic) bond motifs is 1. The van der Waals surface area contributed by atoms with Crippen LogP contribution < -0.4 is 15.5 Å². The fourth-order valence-electron chi connectivity index (χ4n) is 3.11. The predicted octanol–water partition coefficient (Wildman–Crippen LogP) is 3.00. The number of anilines is 1. The Kier molecular flexibility index (Phi) is 4.58. The molecule has 2 N–H and O–H groups in total. The average Bonchev–Trinajstić information content (AvgIpc) is 3.08. The van der Waals surface area contributed by atoms with Crippen molar-refractivity contribution < 1.29 is 31.6 Å². The fraction of sp³-hybridized carbons (Fsp3) is 0.471. The topological polar surface area (TPSA) is 83.6 Å². The van der Waals surface area contributed by atoms with Crippen molar-refractivity contribution in [3.8, 4) is 0 Å². The molecule has 0 aromatic carbocycles. The third-order valence-electron chi connectivity index (χ3n) is 4.52. The third-order valence-corrected chi connectivity index (χ3v) is 5.52. The molecule has 0 aliphatic carbocycles. The molecular weight excluding hydrogens is 397 g/mol. The molecule has 1 aliphatic heterocycles. The summed E-state index contributed by atoms with van der Waals surface area (Å²) in [7, 11) is -1.48. The molecule has 7 nitrogen and oxygen atoms in total. The van der Waals surface area contributed by atoms with Gasteiger partial charge in [0.1, 0.15) is 5.82 Å². The summed E-state index contributed by atoms with van der Waals surface area (Å²) in [5.74, 6) is -0.452. The van der Waals surface area contributed by atoms with Gasteiger partial charge in [-0.15, -0.1) is 11.3 Å². The smallest absolute Gasteiger partial charge is 0.417 e. The largest absolute Gasteiger partial charge is 0.453 e. The Morgan fingerprint density at radius 2 is 2.11 bits per heavy atom. The monoisotopic (exact) mass is 419 g/mol. The minimum Gasteiger partial charge on any atom is -0.453 e. The van der Waals surface area contributed by atoms with E-state index in [9.17, 15) is 22.8 Å². The number of nitrogens with zero attached hydrogens (tertiary/aromatic N) is 2. The number of rotatable bonds is 3. The molecular formula is C17H19F3N4O3S. The van der Waals surface area contributed by atoms with Gasteiger partial charge in [0.25, 0.3) is 5.91 Å². The molecule has 1 aliphatic rings. The summed E-state index contributed by atoms with van der Waals surface area (Å²) in [5.41, 5.74) is -0.816. The normalized spacial score (nSPS) is 17.6. The van der Waals surface area contributed by atoms with Gasteiger partial charge in [0.05, 0.1) is 32.5 Å². The summed E-state index contributed by atoms with van der Waals surface area (Å²) >= 11 is 0.809. The van der Waals surface area contributed by atoms with Gasteiger partial charge in [-0.1, -0.05) is 0 Å². The van der Waals surface area contributed by atoms with Crippen molar-refractivity contribution in [3.63, 3.8) is 0 Å². The summed E-state index contributed by atoms with van der Waals surface area (Å²) in [6.07, 6.45) is -5.00. The van der Waals surface area contributed by atoms with Crippen LogP contribution >= 0.6 is 11.3 Å². The van der Waals surface area contributed by atoms with Crippen LogP contribution in [0.4, 0.5) is 23.8 Å². The first-order chi connectivity index (χ1) is 14.4. The van der Waals surface area contributed by atoms with Crippen LogP contribution in [0.2, 0.25) is 0 Å². The van der Waals surface area contributed by atoms with E-state index < -0.39 is 30.8 Å². The second-order valence-corrected chi connectivity index (χ2v) is 7.11. The number of nitrogens with one attached hydrogen (secondary N) is 2. The van der Waals surface area contributed by atoms with Crippen LogP contribution in [-0.2, 0) is 10.9 Å².